The number of pyridine rings is 1. The molecule has 0 unspecified atom stereocenters. The lowest BCUT2D eigenvalue weighted by Crippen LogP contribution is -2.30. The third-order valence-corrected chi connectivity index (χ3v) is 1.89. The van der Waals surface area contributed by atoms with Gasteiger partial charge in [0.25, 0.3) is 0 Å². The van der Waals surface area contributed by atoms with Crippen LogP contribution in [0.3, 0.4) is 0 Å². The summed E-state index contributed by atoms with van der Waals surface area (Å²) in [7, 11) is -1.48. The summed E-state index contributed by atoms with van der Waals surface area (Å²) in [5.41, 5.74) is 1.10. The normalized spacial score (nSPS) is 12.6. The SMILES string of the molecule is C[C@H](CO)c1ccc(B(O)O)cn1. The lowest BCUT2D eigenvalue weighted by molar-refractivity contribution is 0.271. The first-order chi connectivity index (χ1) is 6.15. The fourth-order valence-electron chi connectivity index (χ4n) is 0.955. The van der Waals surface area contributed by atoms with Gasteiger partial charge in [0.1, 0.15) is 0 Å². The van der Waals surface area contributed by atoms with Crippen LogP contribution in [0.5, 0.6) is 0 Å². The van der Waals surface area contributed by atoms with E-state index >= 15 is 0 Å². The van der Waals surface area contributed by atoms with E-state index in [0.717, 1.165) is 5.69 Å². The second-order valence-electron chi connectivity index (χ2n) is 2.97. The van der Waals surface area contributed by atoms with E-state index in [1.165, 1.54) is 6.20 Å². The Balaban J connectivity index is 2.81. The van der Waals surface area contributed by atoms with E-state index in [0.29, 0.717) is 5.46 Å². The Labute approximate surface area is 77.0 Å². The minimum Gasteiger partial charge on any atom is -0.423 e. The summed E-state index contributed by atoms with van der Waals surface area (Å²) in [6, 6.07) is 3.26. The zero-order valence-electron chi connectivity index (χ0n) is 7.38. The van der Waals surface area contributed by atoms with Crippen LogP contribution in [-0.4, -0.2) is 33.9 Å². The van der Waals surface area contributed by atoms with Crippen molar-refractivity contribution in [3.63, 3.8) is 0 Å². The minimum atomic E-state index is -1.48. The summed E-state index contributed by atoms with van der Waals surface area (Å²) in [4.78, 5) is 3.99. The van der Waals surface area contributed by atoms with E-state index in [4.69, 9.17) is 15.2 Å². The van der Waals surface area contributed by atoms with E-state index in [2.05, 4.69) is 4.98 Å². The summed E-state index contributed by atoms with van der Waals surface area (Å²) in [6.45, 7) is 1.88. The van der Waals surface area contributed by atoms with Crippen LogP contribution >= 0.6 is 0 Å². The predicted molar refractivity (Wildman–Crippen MR) is 49.6 cm³/mol. The number of hydrogen-bond donors (Lipinski definition) is 3. The van der Waals surface area contributed by atoms with Crippen LogP contribution in [0.2, 0.25) is 0 Å². The molecule has 0 spiro atoms. The van der Waals surface area contributed by atoms with Gasteiger partial charge in [-0.15, -0.1) is 0 Å². The van der Waals surface area contributed by atoms with Crippen molar-refractivity contribution in [1.82, 2.24) is 4.98 Å². The Kier molecular flexibility index (Phi) is 3.42. The van der Waals surface area contributed by atoms with Crippen LogP contribution in [0, 0.1) is 0 Å². The van der Waals surface area contributed by atoms with Gasteiger partial charge < -0.3 is 15.2 Å². The molecular formula is C8H12BNO3. The highest BCUT2D eigenvalue weighted by atomic mass is 16.4. The van der Waals surface area contributed by atoms with E-state index in [9.17, 15) is 0 Å². The van der Waals surface area contributed by atoms with Crippen molar-refractivity contribution in [3.05, 3.63) is 24.0 Å². The molecule has 0 saturated carbocycles. The Hall–Kier alpha value is -0.905. The number of rotatable bonds is 3. The molecule has 0 fully saturated rings. The highest BCUT2D eigenvalue weighted by Gasteiger charge is 2.12. The number of nitrogens with zero attached hydrogens (tertiary/aromatic N) is 1. The first-order valence-electron chi connectivity index (χ1n) is 4.08. The fraction of sp³-hybridized carbons (Fsp3) is 0.375. The molecule has 70 valence electrons. The predicted octanol–water partition coefficient (Wildman–Crippen LogP) is -1.14. The maximum absolute atomic E-state index is 8.83. The van der Waals surface area contributed by atoms with Crippen LogP contribution in [0.25, 0.3) is 0 Å². The van der Waals surface area contributed by atoms with Gasteiger partial charge in [0.05, 0.1) is 6.61 Å². The Morgan fingerprint density at radius 3 is 2.54 bits per heavy atom. The van der Waals surface area contributed by atoms with Gasteiger partial charge in [0.2, 0.25) is 0 Å². The van der Waals surface area contributed by atoms with Crippen molar-refractivity contribution in [1.29, 1.82) is 0 Å². The van der Waals surface area contributed by atoms with Gasteiger partial charge >= 0.3 is 7.12 Å². The average molecular weight is 181 g/mol. The third-order valence-electron chi connectivity index (χ3n) is 1.89. The zero-order chi connectivity index (χ0) is 9.84. The molecule has 0 bridgehead atoms. The average Bonchev–Trinajstić information content (AvgIpc) is 2.17. The van der Waals surface area contributed by atoms with E-state index in [-0.39, 0.29) is 12.5 Å². The van der Waals surface area contributed by atoms with Gasteiger partial charge in [0.15, 0.2) is 0 Å². The first-order valence-corrected chi connectivity index (χ1v) is 4.08. The second-order valence-corrected chi connectivity index (χ2v) is 2.97. The number of aromatic nitrogens is 1. The van der Waals surface area contributed by atoms with E-state index in [1.54, 1.807) is 12.1 Å². The van der Waals surface area contributed by atoms with Crippen molar-refractivity contribution in [3.8, 4) is 0 Å². The highest BCUT2D eigenvalue weighted by molar-refractivity contribution is 6.58. The summed E-state index contributed by atoms with van der Waals surface area (Å²) < 4.78 is 0. The second kappa shape index (κ2) is 4.36. The van der Waals surface area contributed by atoms with Crippen LogP contribution < -0.4 is 5.46 Å². The van der Waals surface area contributed by atoms with Gasteiger partial charge in [-0.3, -0.25) is 4.98 Å². The van der Waals surface area contributed by atoms with Crippen LogP contribution in [0.1, 0.15) is 18.5 Å². The molecule has 1 atom stereocenters. The maximum atomic E-state index is 8.83. The van der Waals surface area contributed by atoms with Gasteiger partial charge in [0, 0.05) is 23.3 Å². The smallest absolute Gasteiger partial charge is 0.423 e. The van der Waals surface area contributed by atoms with Crippen molar-refractivity contribution in [2.75, 3.05) is 6.61 Å². The Bertz CT molecular complexity index is 263. The molecule has 0 radical (unpaired) electrons. The zero-order valence-corrected chi connectivity index (χ0v) is 7.38. The molecule has 1 aromatic rings. The number of aliphatic hydroxyl groups is 1. The van der Waals surface area contributed by atoms with Crippen molar-refractivity contribution >= 4 is 12.6 Å². The Morgan fingerprint density at radius 1 is 1.46 bits per heavy atom. The molecule has 0 amide bonds. The topological polar surface area (TPSA) is 73.6 Å². The molecule has 0 aromatic carbocycles. The Morgan fingerprint density at radius 2 is 2.15 bits per heavy atom. The molecular weight excluding hydrogens is 169 g/mol. The standard InChI is InChI=1S/C8H12BNO3/c1-6(5-11)8-3-2-7(4-10-8)9(12)13/h2-4,6,11-13H,5H2,1H3/t6-/m1/s1. The van der Waals surface area contributed by atoms with Gasteiger partial charge in [-0.2, -0.15) is 0 Å². The molecule has 13 heavy (non-hydrogen) atoms. The summed E-state index contributed by atoms with van der Waals surface area (Å²) in [5, 5.41) is 26.4. The molecule has 1 heterocycles. The summed E-state index contributed by atoms with van der Waals surface area (Å²) >= 11 is 0. The highest BCUT2D eigenvalue weighted by Crippen LogP contribution is 2.08. The molecule has 0 aliphatic rings. The lowest BCUT2D eigenvalue weighted by atomic mass is 9.81. The molecule has 0 aliphatic carbocycles. The van der Waals surface area contributed by atoms with Crippen LogP contribution in [0.4, 0.5) is 0 Å². The van der Waals surface area contributed by atoms with E-state index in [1.807, 2.05) is 6.92 Å². The largest absolute Gasteiger partial charge is 0.490 e. The number of hydrogen-bond acceptors (Lipinski definition) is 4. The van der Waals surface area contributed by atoms with Crippen molar-refractivity contribution in [2.45, 2.75) is 12.8 Å². The quantitative estimate of drug-likeness (QED) is 0.515. The molecule has 0 saturated heterocycles. The van der Waals surface area contributed by atoms with Gasteiger partial charge in [-0.05, 0) is 6.07 Å². The van der Waals surface area contributed by atoms with Gasteiger partial charge in [-0.25, -0.2) is 0 Å². The number of aliphatic hydroxyl groups excluding tert-OH is 1. The fourth-order valence-corrected chi connectivity index (χ4v) is 0.955. The van der Waals surface area contributed by atoms with E-state index < -0.39 is 7.12 Å². The monoisotopic (exact) mass is 181 g/mol. The van der Waals surface area contributed by atoms with Crippen LogP contribution in [-0.2, 0) is 0 Å². The first kappa shape index (κ1) is 10.2. The van der Waals surface area contributed by atoms with Crippen molar-refractivity contribution < 1.29 is 15.2 Å². The van der Waals surface area contributed by atoms with Crippen LogP contribution in [0.15, 0.2) is 18.3 Å². The minimum absolute atomic E-state index is 0.0233. The molecule has 1 rings (SSSR count). The molecule has 1 aromatic heterocycles. The molecule has 3 N–H and O–H groups in total. The molecule has 5 heteroatoms. The summed E-state index contributed by atoms with van der Waals surface area (Å²) in [6.07, 6.45) is 1.40. The summed E-state index contributed by atoms with van der Waals surface area (Å²) in [5.74, 6) is -0.0233. The van der Waals surface area contributed by atoms with Gasteiger partial charge in [-0.1, -0.05) is 13.0 Å². The van der Waals surface area contributed by atoms with Crippen molar-refractivity contribution in [2.24, 2.45) is 0 Å². The molecule has 4 nitrogen and oxygen atoms in total. The maximum Gasteiger partial charge on any atom is 0.490 e. The lowest BCUT2D eigenvalue weighted by Gasteiger charge is -2.07. The third kappa shape index (κ3) is 2.52. The molecule has 0 aliphatic heterocycles.